The van der Waals surface area contributed by atoms with E-state index in [0.717, 1.165) is 28.3 Å². The lowest BCUT2D eigenvalue weighted by molar-refractivity contribution is 0.660. The van der Waals surface area contributed by atoms with Gasteiger partial charge in [0.15, 0.2) is 0 Å². The fraction of sp³-hybridized carbons (Fsp3) is 0.0588. The van der Waals surface area contributed by atoms with Gasteiger partial charge in [-0.05, 0) is 132 Å². The van der Waals surface area contributed by atoms with Crippen LogP contribution in [-0.4, -0.2) is 4.57 Å². The van der Waals surface area contributed by atoms with E-state index in [4.69, 9.17) is 0 Å². The maximum absolute atomic E-state index is 2.57. The van der Waals surface area contributed by atoms with Crippen molar-refractivity contribution in [2.75, 3.05) is 4.90 Å². The van der Waals surface area contributed by atoms with Crippen molar-refractivity contribution in [1.29, 1.82) is 0 Å². The third-order valence-corrected chi connectivity index (χ3v) is 15.6. The second-order valence-electron chi connectivity index (χ2n) is 19.6. The highest BCUT2D eigenvalue weighted by Gasteiger charge is 2.48. The van der Waals surface area contributed by atoms with E-state index in [1.807, 2.05) is 0 Å². The van der Waals surface area contributed by atoms with Crippen molar-refractivity contribution >= 4 is 49.6 Å². The van der Waals surface area contributed by atoms with Crippen molar-refractivity contribution in [3.05, 3.63) is 288 Å². The highest BCUT2D eigenvalue weighted by Crippen LogP contribution is 2.60. The van der Waals surface area contributed by atoms with Gasteiger partial charge in [-0.3, -0.25) is 0 Å². The highest BCUT2D eigenvalue weighted by molar-refractivity contribution is 6.12. The van der Waals surface area contributed by atoms with E-state index in [1.165, 1.54) is 93.8 Å². The maximum atomic E-state index is 2.57. The lowest BCUT2D eigenvalue weighted by Gasteiger charge is -2.39. The van der Waals surface area contributed by atoms with Gasteiger partial charge in [-0.15, -0.1) is 0 Å². The molecule has 12 aromatic rings. The third kappa shape index (κ3) is 5.80. The van der Waals surface area contributed by atoms with Crippen LogP contribution in [0.25, 0.3) is 71.6 Å². The smallest absolute Gasteiger partial charge is 0.0734 e. The molecule has 0 bridgehead atoms. The van der Waals surface area contributed by atoms with Crippen LogP contribution in [-0.2, 0) is 10.8 Å². The van der Waals surface area contributed by atoms with Crippen LogP contribution in [0.2, 0.25) is 0 Å². The van der Waals surface area contributed by atoms with E-state index < -0.39 is 5.41 Å². The molecule has 0 saturated carbocycles. The molecule has 1 heterocycles. The van der Waals surface area contributed by atoms with E-state index in [0.29, 0.717) is 0 Å². The van der Waals surface area contributed by atoms with Crippen molar-refractivity contribution < 1.29 is 0 Å². The van der Waals surface area contributed by atoms with Crippen molar-refractivity contribution in [3.63, 3.8) is 0 Å². The fourth-order valence-corrected chi connectivity index (χ4v) is 12.5. The van der Waals surface area contributed by atoms with Crippen LogP contribution in [0.15, 0.2) is 255 Å². The molecule has 0 unspecified atom stereocenters. The molecule has 0 amide bonds. The summed E-state index contributed by atoms with van der Waals surface area (Å²) >= 11 is 0. The quantitative estimate of drug-likeness (QED) is 0.155. The molecule has 1 aromatic heterocycles. The molecule has 14 rings (SSSR count). The standard InChI is InChI=1S/C68H48N2/c1-67(2)59-29-15-11-25-53(59)56-40-39-52(42-62(56)67)69(50-36-33-47(34-37-50)45-19-5-3-6-20-45)66-43-58-57-28-14-18-32-64(57)70(51-38-35-46-21-9-10-22-48(46)41-51)65(58)44-63(66)68(49-23-7-4-8-24-49)60-30-16-12-26-54(60)55-27-13-17-31-61(55)68/h3-44H,1-2H3. The van der Waals surface area contributed by atoms with E-state index in [-0.39, 0.29) is 5.41 Å². The number of para-hydroxylation sites is 1. The van der Waals surface area contributed by atoms with E-state index in [9.17, 15) is 0 Å². The number of hydrogen-bond donors (Lipinski definition) is 0. The minimum Gasteiger partial charge on any atom is -0.310 e. The van der Waals surface area contributed by atoms with Gasteiger partial charge in [0, 0.05) is 33.2 Å². The zero-order valence-electron chi connectivity index (χ0n) is 39.1. The topological polar surface area (TPSA) is 8.17 Å². The SMILES string of the molecule is CC1(C)c2ccccc2-c2ccc(N(c3ccc(-c4ccccc4)cc3)c3cc4c5ccccc5n(-c5ccc6ccccc6c5)c4cc3C3(c4ccccc4)c4ccccc4-c4ccccc43)cc21. The van der Waals surface area contributed by atoms with Crippen molar-refractivity contribution in [1.82, 2.24) is 4.57 Å². The summed E-state index contributed by atoms with van der Waals surface area (Å²) in [6.07, 6.45) is 0. The minimum atomic E-state index is -0.711. The lowest BCUT2D eigenvalue weighted by atomic mass is 9.67. The summed E-state index contributed by atoms with van der Waals surface area (Å²) < 4.78 is 2.50. The third-order valence-electron chi connectivity index (χ3n) is 15.6. The molecule has 0 saturated heterocycles. The second kappa shape index (κ2) is 15.4. The first kappa shape index (κ1) is 40.4. The molecule has 2 nitrogen and oxygen atoms in total. The number of benzene rings is 11. The van der Waals surface area contributed by atoms with Crippen LogP contribution < -0.4 is 4.90 Å². The van der Waals surface area contributed by atoms with E-state index in [1.54, 1.807) is 0 Å². The maximum Gasteiger partial charge on any atom is 0.0734 e. The molecule has 0 atom stereocenters. The van der Waals surface area contributed by atoms with Crippen LogP contribution in [0, 0.1) is 0 Å². The first-order valence-electron chi connectivity index (χ1n) is 24.5. The van der Waals surface area contributed by atoms with Gasteiger partial charge in [0.1, 0.15) is 0 Å². The number of aromatic nitrogens is 1. The molecule has 2 aliphatic rings. The van der Waals surface area contributed by atoms with Crippen LogP contribution in [0.4, 0.5) is 17.1 Å². The molecule has 2 aliphatic carbocycles. The van der Waals surface area contributed by atoms with Crippen molar-refractivity contribution in [2.24, 2.45) is 0 Å². The molecule has 11 aromatic carbocycles. The Hall–Kier alpha value is -8.72. The molecular formula is C68H48N2. The largest absolute Gasteiger partial charge is 0.310 e. The fourth-order valence-electron chi connectivity index (χ4n) is 12.5. The van der Waals surface area contributed by atoms with Crippen molar-refractivity contribution in [3.8, 4) is 39.1 Å². The van der Waals surface area contributed by atoms with Gasteiger partial charge in [-0.25, -0.2) is 0 Å². The van der Waals surface area contributed by atoms with Gasteiger partial charge in [0.25, 0.3) is 0 Å². The Morgan fingerprint density at radius 3 is 1.63 bits per heavy atom. The summed E-state index contributed by atoms with van der Waals surface area (Å²) in [4.78, 5) is 2.57. The van der Waals surface area contributed by atoms with E-state index in [2.05, 4.69) is 278 Å². The van der Waals surface area contributed by atoms with Crippen molar-refractivity contribution in [2.45, 2.75) is 24.7 Å². The summed E-state index contributed by atoms with van der Waals surface area (Å²) in [5.41, 5.74) is 21.1. The molecule has 2 heteroatoms. The van der Waals surface area contributed by atoms with Crippen LogP contribution in [0.1, 0.15) is 47.2 Å². The zero-order valence-corrected chi connectivity index (χ0v) is 39.1. The Balaban J connectivity index is 1.14. The van der Waals surface area contributed by atoms with E-state index >= 15 is 0 Å². The number of nitrogens with zero attached hydrogens (tertiary/aromatic N) is 2. The van der Waals surface area contributed by atoms with Crippen LogP contribution in [0.3, 0.4) is 0 Å². The summed E-state index contributed by atoms with van der Waals surface area (Å²) in [5.74, 6) is 0. The molecule has 330 valence electrons. The van der Waals surface area contributed by atoms with Gasteiger partial charge in [0.05, 0.1) is 22.1 Å². The van der Waals surface area contributed by atoms with Gasteiger partial charge >= 0.3 is 0 Å². The first-order valence-corrected chi connectivity index (χ1v) is 24.5. The first-order chi connectivity index (χ1) is 34.5. The number of fused-ring (bicyclic) bond motifs is 10. The van der Waals surface area contributed by atoms with Gasteiger partial charge < -0.3 is 9.47 Å². The molecular weight excluding hydrogens is 845 g/mol. The Morgan fingerprint density at radius 2 is 0.900 bits per heavy atom. The summed E-state index contributed by atoms with van der Waals surface area (Å²) in [5, 5.41) is 4.86. The predicted octanol–water partition coefficient (Wildman–Crippen LogP) is 17.7. The Morgan fingerprint density at radius 1 is 0.343 bits per heavy atom. The van der Waals surface area contributed by atoms with Gasteiger partial charge in [0.2, 0.25) is 0 Å². The monoisotopic (exact) mass is 892 g/mol. The average Bonchev–Trinajstić information content (AvgIpc) is 3.99. The van der Waals surface area contributed by atoms with Crippen LogP contribution >= 0.6 is 0 Å². The summed E-state index contributed by atoms with van der Waals surface area (Å²) in [6, 6.07) is 95.3. The highest BCUT2D eigenvalue weighted by atomic mass is 15.1. The Labute approximate surface area is 409 Å². The molecule has 0 fully saturated rings. The number of rotatable bonds is 7. The summed E-state index contributed by atoms with van der Waals surface area (Å²) in [7, 11) is 0. The molecule has 0 spiro atoms. The predicted molar refractivity (Wildman–Crippen MR) is 293 cm³/mol. The minimum absolute atomic E-state index is 0.195. The average molecular weight is 893 g/mol. The molecule has 70 heavy (non-hydrogen) atoms. The van der Waals surface area contributed by atoms with Crippen LogP contribution in [0.5, 0.6) is 0 Å². The normalized spacial score (nSPS) is 13.8. The second-order valence-corrected chi connectivity index (χ2v) is 19.6. The lowest BCUT2D eigenvalue weighted by Crippen LogP contribution is -2.31. The van der Waals surface area contributed by atoms with Gasteiger partial charge in [-0.1, -0.05) is 214 Å². The molecule has 0 aliphatic heterocycles. The Bertz CT molecular complexity index is 3980. The number of hydrogen-bond acceptors (Lipinski definition) is 1. The summed E-state index contributed by atoms with van der Waals surface area (Å²) in [6.45, 7) is 4.77. The molecule has 0 N–H and O–H groups in total. The van der Waals surface area contributed by atoms with Gasteiger partial charge in [-0.2, -0.15) is 0 Å². The number of anilines is 3. The molecule has 0 radical (unpaired) electrons. The Kier molecular flexibility index (Phi) is 8.88. The zero-order chi connectivity index (χ0) is 46.6.